The molecule has 0 saturated heterocycles. The molecule has 0 aliphatic heterocycles. The van der Waals surface area contributed by atoms with Crippen LogP contribution in [0.2, 0.25) is 0 Å². The molecule has 396 valence electrons. The number of carboxylic acids is 1. The number of nitrogens with zero attached hydrogens (tertiary/aromatic N) is 1. The Morgan fingerprint density at radius 3 is 1.18 bits per heavy atom. The van der Waals surface area contributed by atoms with Crippen LogP contribution in [0.4, 0.5) is 0 Å². The molecule has 0 saturated carbocycles. The van der Waals surface area contributed by atoms with Crippen molar-refractivity contribution < 1.29 is 42.9 Å². The van der Waals surface area contributed by atoms with Crippen LogP contribution in [0.25, 0.3) is 0 Å². The van der Waals surface area contributed by atoms with Crippen LogP contribution in [0.15, 0.2) is 158 Å². The summed E-state index contributed by atoms with van der Waals surface area (Å²) < 4.78 is 22.7. The largest absolute Gasteiger partial charge is 0.477 e. The molecule has 0 aromatic heterocycles. The zero-order valence-electron chi connectivity index (χ0n) is 44.8. The maximum atomic E-state index is 12.8. The molecule has 0 aliphatic rings. The molecule has 71 heavy (non-hydrogen) atoms. The van der Waals surface area contributed by atoms with Gasteiger partial charge in [0.2, 0.25) is 0 Å². The molecule has 0 fully saturated rings. The standard InChI is InChI=1S/C62H95NO8/c1-6-8-10-12-14-16-18-20-22-24-26-27-28-29-30-31-32-33-35-37-39-41-43-45-47-49-51-53-60(65)71-58(57-70-62(61(66)67)68-55-54-63(3,4)5)56-69-59(64)52-50-48-46-44-42-40-38-36-34-25-23-21-19-17-15-13-11-9-7-2/h8-11,14-17,20-23,26-27,29-30,32-34,36-37,39-40,42,46,48,58,62H,6-7,12-13,18-19,24-25,28,31,35,38,41,43-45,47,49-57H2,1-5H3/p+1/b10-8-,11-9-,16-14-,17-15-,22-20-,23-21-,27-26-,30-29-,33-32-,36-34-,39-37-,42-40-,48-46-. The topological polar surface area (TPSA) is 108 Å². The number of likely N-dealkylation sites (N-methyl/N-ethyl adjacent to an activating group) is 1. The Hall–Kier alpha value is -5.09. The molecule has 0 rings (SSSR count). The van der Waals surface area contributed by atoms with Crippen LogP contribution in [-0.2, 0) is 33.3 Å². The van der Waals surface area contributed by atoms with Gasteiger partial charge in [-0.25, -0.2) is 4.79 Å². The van der Waals surface area contributed by atoms with E-state index in [1.165, 1.54) is 0 Å². The monoisotopic (exact) mass is 983 g/mol. The van der Waals surface area contributed by atoms with E-state index in [1.54, 1.807) is 0 Å². The molecule has 0 aromatic carbocycles. The van der Waals surface area contributed by atoms with Crippen LogP contribution in [0.1, 0.15) is 155 Å². The highest BCUT2D eigenvalue weighted by Crippen LogP contribution is 2.11. The second-order valence-corrected chi connectivity index (χ2v) is 18.1. The maximum absolute atomic E-state index is 12.8. The molecular weight excluding hydrogens is 887 g/mol. The summed E-state index contributed by atoms with van der Waals surface area (Å²) in [6, 6.07) is 0. The summed E-state index contributed by atoms with van der Waals surface area (Å²) >= 11 is 0. The first-order chi connectivity index (χ1) is 34.6. The molecule has 9 heteroatoms. The zero-order valence-corrected chi connectivity index (χ0v) is 44.8. The molecule has 9 nitrogen and oxygen atoms in total. The normalized spacial score (nSPS) is 14.1. The molecule has 0 bridgehead atoms. The van der Waals surface area contributed by atoms with E-state index in [2.05, 4.69) is 160 Å². The van der Waals surface area contributed by atoms with Crippen molar-refractivity contribution in [2.75, 3.05) is 47.5 Å². The van der Waals surface area contributed by atoms with E-state index in [0.29, 0.717) is 23.9 Å². The van der Waals surface area contributed by atoms with E-state index in [1.807, 2.05) is 33.3 Å². The van der Waals surface area contributed by atoms with Crippen LogP contribution < -0.4 is 0 Å². The van der Waals surface area contributed by atoms with E-state index >= 15 is 0 Å². The van der Waals surface area contributed by atoms with E-state index in [9.17, 15) is 19.5 Å². The van der Waals surface area contributed by atoms with Crippen molar-refractivity contribution >= 4 is 17.9 Å². The van der Waals surface area contributed by atoms with Gasteiger partial charge in [0.1, 0.15) is 13.2 Å². The highest BCUT2D eigenvalue weighted by atomic mass is 16.7. The molecular formula is C62H96NO8+. The summed E-state index contributed by atoms with van der Waals surface area (Å²) in [7, 11) is 5.92. The highest BCUT2D eigenvalue weighted by molar-refractivity contribution is 5.71. The number of quaternary nitrogens is 1. The number of esters is 2. The Kier molecular flexibility index (Phi) is 47.6. The fourth-order valence-electron chi connectivity index (χ4n) is 6.25. The van der Waals surface area contributed by atoms with E-state index in [-0.39, 0.29) is 32.7 Å². The molecule has 2 unspecified atom stereocenters. The lowest BCUT2D eigenvalue weighted by molar-refractivity contribution is -0.870. The molecule has 0 radical (unpaired) electrons. The molecule has 0 amide bonds. The predicted molar refractivity (Wildman–Crippen MR) is 299 cm³/mol. The number of allylic oxidation sites excluding steroid dienone is 26. The van der Waals surface area contributed by atoms with Gasteiger partial charge in [-0.2, -0.15) is 0 Å². The number of carbonyl (C=O) groups excluding carboxylic acids is 2. The molecule has 0 spiro atoms. The SMILES string of the molecule is CC/C=C\C/C=C\C/C=C\C/C=C\C/C=C\C/C=C\C/C=C\CCCCCCCC(=O)OC(COC(=O)CC/C=C\C/C=C\C/C=C\C/C=C\C/C=C\C/C=C\CC)COC(OCC[N+](C)(C)C)C(=O)O. The first-order valence-corrected chi connectivity index (χ1v) is 26.6. The first-order valence-electron chi connectivity index (χ1n) is 26.6. The average Bonchev–Trinajstić information content (AvgIpc) is 3.34. The van der Waals surface area contributed by atoms with E-state index in [0.717, 1.165) is 116 Å². The van der Waals surface area contributed by atoms with Crippen molar-refractivity contribution in [2.24, 2.45) is 0 Å². The minimum atomic E-state index is -1.54. The Balaban J connectivity index is 4.50. The maximum Gasteiger partial charge on any atom is 0.361 e. The van der Waals surface area contributed by atoms with Gasteiger partial charge in [0.05, 0.1) is 34.4 Å². The molecule has 1 N–H and O–H groups in total. The van der Waals surface area contributed by atoms with E-state index < -0.39 is 30.3 Å². The lowest BCUT2D eigenvalue weighted by Gasteiger charge is -2.25. The molecule has 0 aliphatic carbocycles. The number of rotatable bonds is 46. The van der Waals surface area contributed by atoms with Gasteiger partial charge in [0, 0.05) is 12.8 Å². The van der Waals surface area contributed by atoms with Crippen LogP contribution in [-0.4, -0.2) is 87.4 Å². The number of carboxylic acid groups (broad SMARTS) is 1. The quantitative estimate of drug-likeness (QED) is 0.0211. The van der Waals surface area contributed by atoms with E-state index in [4.69, 9.17) is 18.9 Å². The molecule has 2 atom stereocenters. The Morgan fingerprint density at radius 1 is 0.423 bits per heavy atom. The van der Waals surface area contributed by atoms with Gasteiger partial charge in [-0.15, -0.1) is 0 Å². The second kappa shape index (κ2) is 51.3. The third-order valence-corrected chi connectivity index (χ3v) is 10.3. The number of hydrogen-bond donors (Lipinski definition) is 1. The summed E-state index contributed by atoms with van der Waals surface area (Å²) in [6.45, 7) is 4.49. The number of hydrogen-bond acceptors (Lipinski definition) is 7. The van der Waals surface area contributed by atoms with Gasteiger partial charge < -0.3 is 28.5 Å². The van der Waals surface area contributed by atoms with Gasteiger partial charge in [0.25, 0.3) is 6.29 Å². The Labute approximate surface area is 432 Å². The summed E-state index contributed by atoms with van der Waals surface area (Å²) in [4.78, 5) is 37.3. The van der Waals surface area contributed by atoms with Gasteiger partial charge >= 0.3 is 17.9 Å². The number of aliphatic carboxylic acids is 1. The smallest absolute Gasteiger partial charge is 0.361 e. The lowest BCUT2D eigenvalue weighted by atomic mass is 10.1. The zero-order chi connectivity index (χ0) is 52.0. The Bertz CT molecular complexity index is 1710. The molecule has 0 heterocycles. The second-order valence-electron chi connectivity index (χ2n) is 18.1. The van der Waals surface area contributed by atoms with Crippen LogP contribution in [0.3, 0.4) is 0 Å². The van der Waals surface area contributed by atoms with Crippen molar-refractivity contribution in [3.63, 3.8) is 0 Å². The van der Waals surface area contributed by atoms with Gasteiger partial charge in [-0.3, -0.25) is 9.59 Å². The number of unbranched alkanes of at least 4 members (excludes halogenated alkanes) is 5. The fraction of sp³-hybridized carbons (Fsp3) is 0.532. The van der Waals surface area contributed by atoms with Crippen molar-refractivity contribution in [1.82, 2.24) is 0 Å². The van der Waals surface area contributed by atoms with Crippen molar-refractivity contribution in [3.05, 3.63) is 158 Å². The van der Waals surface area contributed by atoms with Gasteiger partial charge in [-0.1, -0.05) is 191 Å². The summed E-state index contributed by atoms with van der Waals surface area (Å²) in [6.07, 6.45) is 73.3. The first kappa shape index (κ1) is 65.9. The van der Waals surface area contributed by atoms with Crippen molar-refractivity contribution in [1.29, 1.82) is 0 Å². The Morgan fingerprint density at radius 2 is 0.789 bits per heavy atom. The lowest BCUT2D eigenvalue weighted by Crippen LogP contribution is -2.40. The fourth-order valence-corrected chi connectivity index (χ4v) is 6.25. The van der Waals surface area contributed by atoms with Crippen LogP contribution >= 0.6 is 0 Å². The summed E-state index contributed by atoms with van der Waals surface area (Å²) in [5, 5.41) is 9.68. The average molecular weight is 983 g/mol. The van der Waals surface area contributed by atoms with Crippen LogP contribution in [0, 0.1) is 0 Å². The van der Waals surface area contributed by atoms with Crippen molar-refractivity contribution in [2.45, 2.75) is 167 Å². The third kappa shape index (κ3) is 52.6. The number of carbonyl (C=O) groups is 3. The van der Waals surface area contributed by atoms with Crippen LogP contribution in [0.5, 0.6) is 0 Å². The van der Waals surface area contributed by atoms with Gasteiger partial charge in [0.15, 0.2) is 6.10 Å². The molecule has 0 aromatic rings. The van der Waals surface area contributed by atoms with Gasteiger partial charge in [-0.05, 0) is 109 Å². The minimum Gasteiger partial charge on any atom is -0.477 e. The van der Waals surface area contributed by atoms with Crippen molar-refractivity contribution in [3.8, 4) is 0 Å². The third-order valence-electron chi connectivity index (χ3n) is 10.3. The summed E-state index contributed by atoms with van der Waals surface area (Å²) in [5.41, 5.74) is 0. The summed E-state index contributed by atoms with van der Waals surface area (Å²) in [5.74, 6) is -2.17. The minimum absolute atomic E-state index is 0.162. The highest BCUT2D eigenvalue weighted by Gasteiger charge is 2.25. The number of ether oxygens (including phenoxy) is 4. The predicted octanol–water partition coefficient (Wildman–Crippen LogP) is 15.4.